The molecule has 0 fully saturated rings. The van der Waals surface area contributed by atoms with Crippen LogP contribution >= 0.6 is 0 Å². The smallest absolute Gasteiger partial charge is 0.313 e. The second-order valence-electron chi connectivity index (χ2n) is 3.49. The highest BCUT2D eigenvalue weighted by molar-refractivity contribution is 5.81. The first-order valence-corrected chi connectivity index (χ1v) is 5.25. The molecule has 0 radical (unpaired) electrons. The van der Waals surface area contributed by atoms with Crippen LogP contribution in [-0.4, -0.2) is 12.6 Å². The zero-order chi connectivity index (χ0) is 10.8. The van der Waals surface area contributed by atoms with Gasteiger partial charge in [-0.1, -0.05) is 19.1 Å². The minimum atomic E-state index is -0.192. The Kier molecular flexibility index (Phi) is 2.62. The van der Waals surface area contributed by atoms with E-state index in [9.17, 15) is 4.79 Å². The van der Waals surface area contributed by atoms with E-state index < -0.39 is 0 Å². The zero-order valence-corrected chi connectivity index (χ0v) is 8.95. The van der Waals surface area contributed by atoms with Crippen LogP contribution in [0.25, 0.3) is 0 Å². The van der Waals surface area contributed by atoms with Crippen LogP contribution in [-0.2, 0) is 9.53 Å². The maximum Gasteiger partial charge on any atom is 0.313 e. The second-order valence-corrected chi connectivity index (χ2v) is 3.49. The molecule has 1 heterocycles. The fraction of sp³-hybridized carbons (Fsp3) is 0.417. The van der Waals surface area contributed by atoms with Crippen LogP contribution in [0.4, 0.5) is 0 Å². The third-order valence-electron chi connectivity index (χ3n) is 2.53. The molecule has 1 aliphatic rings. The van der Waals surface area contributed by atoms with Crippen LogP contribution < -0.4 is 4.74 Å². The number of benzene rings is 1. The Balaban J connectivity index is 2.21. The molecule has 15 heavy (non-hydrogen) atoms. The first-order chi connectivity index (χ1) is 7.27. The van der Waals surface area contributed by atoms with Crippen molar-refractivity contribution in [3.8, 4) is 11.5 Å². The number of para-hydroxylation sites is 1. The standard InChI is InChI=1S/C12H14O3/c1-3-8(12(13)14-4-2)9-6-5-7-10-11(9)15-10/h5-8H,3-4H2,1-2H3. The van der Waals surface area contributed by atoms with E-state index in [1.807, 2.05) is 32.0 Å². The molecule has 3 heteroatoms. The number of hydrogen-bond donors (Lipinski definition) is 0. The summed E-state index contributed by atoms with van der Waals surface area (Å²) in [4.78, 5) is 11.7. The summed E-state index contributed by atoms with van der Waals surface area (Å²) < 4.78 is 10.3. The van der Waals surface area contributed by atoms with E-state index in [4.69, 9.17) is 9.47 Å². The first-order valence-electron chi connectivity index (χ1n) is 5.25. The van der Waals surface area contributed by atoms with Crippen molar-refractivity contribution in [1.82, 2.24) is 0 Å². The Morgan fingerprint density at radius 3 is 2.93 bits per heavy atom. The molecule has 3 nitrogen and oxygen atoms in total. The Bertz CT molecular complexity index is 384. The Labute approximate surface area is 89.0 Å². The lowest BCUT2D eigenvalue weighted by molar-refractivity contribution is -0.145. The average Bonchev–Trinajstić information content (AvgIpc) is 2.99. The predicted molar refractivity (Wildman–Crippen MR) is 56.2 cm³/mol. The molecule has 1 atom stereocenters. The molecule has 0 N–H and O–H groups in total. The molecule has 1 unspecified atom stereocenters. The summed E-state index contributed by atoms with van der Waals surface area (Å²) in [5, 5.41) is 0. The van der Waals surface area contributed by atoms with Crippen molar-refractivity contribution in [2.75, 3.05) is 6.61 Å². The lowest BCUT2D eigenvalue weighted by Crippen LogP contribution is -2.14. The van der Waals surface area contributed by atoms with Crippen molar-refractivity contribution in [3.05, 3.63) is 23.8 Å². The van der Waals surface area contributed by atoms with Gasteiger partial charge in [0.25, 0.3) is 0 Å². The van der Waals surface area contributed by atoms with Gasteiger partial charge in [0, 0.05) is 5.56 Å². The van der Waals surface area contributed by atoms with E-state index in [0.717, 1.165) is 23.5 Å². The van der Waals surface area contributed by atoms with Gasteiger partial charge in [-0.05, 0) is 19.4 Å². The van der Waals surface area contributed by atoms with E-state index >= 15 is 0 Å². The minimum Gasteiger partial charge on any atom is -0.466 e. The Morgan fingerprint density at radius 2 is 2.27 bits per heavy atom. The average molecular weight is 206 g/mol. The summed E-state index contributed by atoms with van der Waals surface area (Å²) in [6, 6.07) is 5.73. The topological polar surface area (TPSA) is 38.8 Å². The summed E-state index contributed by atoms with van der Waals surface area (Å²) in [7, 11) is 0. The quantitative estimate of drug-likeness (QED) is 0.570. The van der Waals surface area contributed by atoms with E-state index in [1.54, 1.807) is 0 Å². The third kappa shape index (κ3) is 1.82. The van der Waals surface area contributed by atoms with Crippen molar-refractivity contribution in [2.24, 2.45) is 0 Å². The highest BCUT2D eigenvalue weighted by atomic mass is 16.6. The molecule has 0 amide bonds. The third-order valence-corrected chi connectivity index (χ3v) is 2.53. The fourth-order valence-electron chi connectivity index (χ4n) is 1.74. The molecule has 1 aliphatic heterocycles. The summed E-state index contributed by atoms with van der Waals surface area (Å²) >= 11 is 0. The molecule has 2 rings (SSSR count). The van der Waals surface area contributed by atoms with E-state index in [-0.39, 0.29) is 11.9 Å². The molecule has 80 valence electrons. The highest BCUT2D eigenvalue weighted by Gasteiger charge is 2.31. The largest absolute Gasteiger partial charge is 0.466 e. The number of carbonyl (C=O) groups excluding carboxylic acids is 1. The van der Waals surface area contributed by atoms with E-state index in [0.29, 0.717) is 6.61 Å². The Hall–Kier alpha value is -1.51. The monoisotopic (exact) mass is 206 g/mol. The van der Waals surface area contributed by atoms with Gasteiger partial charge in [0.1, 0.15) is 0 Å². The maximum atomic E-state index is 11.7. The molecule has 1 aromatic carbocycles. The van der Waals surface area contributed by atoms with E-state index in [1.165, 1.54) is 0 Å². The van der Waals surface area contributed by atoms with Gasteiger partial charge in [0.05, 0.1) is 12.5 Å². The number of carbonyl (C=O) groups is 1. The summed E-state index contributed by atoms with van der Waals surface area (Å²) in [5.41, 5.74) is 0.952. The number of hydrogen-bond acceptors (Lipinski definition) is 3. The van der Waals surface area contributed by atoms with Crippen LogP contribution in [0.3, 0.4) is 0 Å². The number of ether oxygens (including phenoxy) is 2. The summed E-state index contributed by atoms with van der Waals surface area (Å²) in [6.45, 7) is 4.21. The van der Waals surface area contributed by atoms with Gasteiger partial charge in [-0.2, -0.15) is 0 Å². The molecule has 0 saturated carbocycles. The molecule has 0 aromatic heterocycles. The van der Waals surface area contributed by atoms with Crippen molar-refractivity contribution < 1.29 is 14.3 Å². The normalized spacial score (nSPS) is 13.7. The van der Waals surface area contributed by atoms with Crippen molar-refractivity contribution in [3.63, 3.8) is 0 Å². The summed E-state index contributed by atoms with van der Waals surface area (Å²) in [5.74, 6) is 1.39. The van der Waals surface area contributed by atoms with Crippen LogP contribution in [0.2, 0.25) is 0 Å². The fourth-order valence-corrected chi connectivity index (χ4v) is 1.74. The van der Waals surface area contributed by atoms with Crippen LogP contribution in [0.5, 0.6) is 11.5 Å². The lowest BCUT2D eigenvalue weighted by Gasteiger charge is -2.12. The van der Waals surface area contributed by atoms with Crippen molar-refractivity contribution in [2.45, 2.75) is 26.2 Å². The van der Waals surface area contributed by atoms with Gasteiger partial charge in [0.15, 0.2) is 11.5 Å². The first kappa shape index (κ1) is 10.0. The predicted octanol–water partition coefficient (Wildman–Crippen LogP) is 2.85. The number of fused-ring (bicyclic) bond motifs is 1. The van der Waals surface area contributed by atoms with Crippen LogP contribution in [0.1, 0.15) is 31.7 Å². The minimum absolute atomic E-state index is 0.163. The maximum absolute atomic E-state index is 11.7. The molecule has 1 aromatic rings. The van der Waals surface area contributed by atoms with Crippen molar-refractivity contribution >= 4 is 5.97 Å². The highest BCUT2D eigenvalue weighted by Crippen LogP contribution is 2.50. The van der Waals surface area contributed by atoms with Gasteiger partial charge in [-0.25, -0.2) is 0 Å². The second kappa shape index (κ2) is 3.93. The summed E-state index contributed by atoms with van der Waals surface area (Å²) in [6.07, 6.45) is 0.735. The van der Waals surface area contributed by atoms with Gasteiger partial charge in [-0.3, -0.25) is 4.79 Å². The number of esters is 1. The molecular formula is C12H14O3. The zero-order valence-electron chi connectivity index (χ0n) is 8.95. The number of rotatable bonds is 4. The van der Waals surface area contributed by atoms with Gasteiger partial charge >= 0.3 is 5.97 Å². The Morgan fingerprint density at radius 1 is 1.47 bits per heavy atom. The van der Waals surface area contributed by atoms with Gasteiger partial charge in [0.2, 0.25) is 0 Å². The van der Waals surface area contributed by atoms with Gasteiger partial charge < -0.3 is 9.47 Å². The van der Waals surface area contributed by atoms with Gasteiger partial charge in [-0.15, -0.1) is 0 Å². The molecule has 0 aliphatic carbocycles. The van der Waals surface area contributed by atoms with Crippen LogP contribution in [0, 0.1) is 0 Å². The molecule has 0 saturated heterocycles. The SMILES string of the molecule is CCOC(=O)C(CC)c1cccc2c1O2. The molecular weight excluding hydrogens is 192 g/mol. The van der Waals surface area contributed by atoms with Crippen molar-refractivity contribution in [1.29, 1.82) is 0 Å². The molecule has 0 bridgehead atoms. The van der Waals surface area contributed by atoms with Crippen LogP contribution in [0.15, 0.2) is 18.2 Å². The van der Waals surface area contributed by atoms with E-state index in [2.05, 4.69) is 0 Å². The lowest BCUT2D eigenvalue weighted by atomic mass is 9.97. The molecule has 0 spiro atoms.